The topological polar surface area (TPSA) is 52.3 Å². The molecule has 16 heavy (non-hydrogen) atoms. The van der Waals surface area contributed by atoms with Crippen molar-refractivity contribution in [3.05, 3.63) is 46.5 Å². The van der Waals surface area contributed by atoms with Gasteiger partial charge in [0.15, 0.2) is 0 Å². The Morgan fingerprint density at radius 1 is 1.44 bits per heavy atom. The fraction of sp³-hybridized carbons (Fsp3) is 0.0833. The number of amides is 1. The minimum atomic E-state index is -0.450. The molecule has 0 aliphatic carbocycles. The fourth-order valence-corrected chi connectivity index (χ4v) is 1.57. The van der Waals surface area contributed by atoms with Crippen LogP contribution in [0.15, 0.2) is 35.4 Å². The van der Waals surface area contributed by atoms with E-state index in [1.165, 1.54) is 5.54 Å². The summed E-state index contributed by atoms with van der Waals surface area (Å²) in [6, 6.07) is 5.08. The Bertz CT molecular complexity index is 492. The summed E-state index contributed by atoms with van der Waals surface area (Å²) in [5.41, 5.74) is 8.83. The van der Waals surface area contributed by atoms with Crippen molar-refractivity contribution >= 4 is 23.6 Å². The summed E-state index contributed by atoms with van der Waals surface area (Å²) >= 11 is 5.61. The molecule has 4 heteroatoms. The third kappa shape index (κ3) is 2.09. The highest BCUT2D eigenvalue weighted by Gasteiger charge is 2.09. The van der Waals surface area contributed by atoms with Gasteiger partial charge in [0.05, 0.1) is 0 Å². The van der Waals surface area contributed by atoms with Crippen LogP contribution in [0.3, 0.4) is 0 Å². The van der Waals surface area contributed by atoms with E-state index in [4.69, 9.17) is 22.1 Å². The van der Waals surface area contributed by atoms with Crippen LogP contribution < -0.4 is 10.5 Å². The number of carbonyl (C=O) groups excluding carboxylic acids is 1. The second-order valence-electron chi connectivity index (χ2n) is 3.42. The number of rotatable bonds is 1. The van der Waals surface area contributed by atoms with Crippen LogP contribution in [0.5, 0.6) is 5.75 Å². The van der Waals surface area contributed by atoms with Gasteiger partial charge in [0.25, 0.3) is 0 Å². The van der Waals surface area contributed by atoms with E-state index in [9.17, 15) is 4.79 Å². The standard InChI is InChI=1S/C12H10ClNO2/c13-6-8-1-2-9-5-10(12(14)15)3-4-11(9)16-7-8/h1-6H,7H2,(H2,14,15). The molecule has 1 aromatic carbocycles. The number of fused-ring (bicyclic) bond motifs is 1. The van der Waals surface area contributed by atoms with Gasteiger partial charge in [-0.1, -0.05) is 23.8 Å². The van der Waals surface area contributed by atoms with Crippen LogP contribution in [0.1, 0.15) is 15.9 Å². The average molecular weight is 236 g/mol. The number of carbonyl (C=O) groups is 1. The molecule has 0 radical (unpaired) electrons. The number of halogens is 1. The maximum Gasteiger partial charge on any atom is 0.248 e. The quantitative estimate of drug-likeness (QED) is 0.812. The molecule has 1 aliphatic heterocycles. The van der Waals surface area contributed by atoms with Crippen LogP contribution in [0.25, 0.3) is 6.08 Å². The fourth-order valence-electron chi connectivity index (χ4n) is 1.44. The van der Waals surface area contributed by atoms with Gasteiger partial charge in [0.2, 0.25) is 5.91 Å². The van der Waals surface area contributed by atoms with Crippen molar-refractivity contribution in [1.82, 2.24) is 0 Å². The van der Waals surface area contributed by atoms with Gasteiger partial charge in [-0.05, 0) is 18.2 Å². The Morgan fingerprint density at radius 2 is 2.25 bits per heavy atom. The van der Waals surface area contributed by atoms with Crippen molar-refractivity contribution in [1.29, 1.82) is 0 Å². The SMILES string of the molecule is NC(=O)c1ccc2c(c1)C=CC(=CCl)CO2. The molecular formula is C12H10ClNO2. The molecule has 2 rings (SSSR count). The summed E-state index contributed by atoms with van der Waals surface area (Å²) in [6.45, 7) is 0.420. The predicted octanol–water partition coefficient (Wildman–Crippen LogP) is 2.31. The number of hydrogen-bond acceptors (Lipinski definition) is 2. The zero-order chi connectivity index (χ0) is 11.5. The molecule has 82 valence electrons. The van der Waals surface area contributed by atoms with Gasteiger partial charge in [-0.3, -0.25) is 4.79 Å². The Labute approximate surface area is 98.2 Å². The lowest BCUT2D eigenvalue weighted by Crippen LogP contribution is -2.11. The lowest BCUT2D eigenvalue weighted by Gasteiger charge is -2.07. The lowest BCUT2D eigenvalue weighted by atomic mass is 10.1. The molecule has 0 saturated heterocycles. The molecule has 1 heterocycles. The highest BCUT2D eigenvalue weighted by molar-refractivity contribution is 6.25. The Balaban J connectivity index is 2.43. The van der Waals surface area contributed by atoms with Crippen molar-refractivity contribution in [3.8, 4) is 5.75 Å². The van der Waals surface area contributed by atoms with Crippen LogP contribution in [0.2, 0.25) is 0 Å². The summed E-state index contributed by atoms with van der Waals surface area (Å²) in [4.78, 5) is 11.0. The lowest BCUT2D eigenvalue weighted by molar-refractivity contribution is 0.1000. The second kappa shape index (κ2) is 4.41. The first-order chi connectivity index (χ1) is 7.70. The van der Waals surface area contributed by atoms with Crippen LogP contribution in [0, 0.1) is 0 Å². The number of primary amides is 1. The zero-order valence-corrected chi connectivity index (χ0v) is 9.20. The molecule has 0 spiro atoms. The maximum atomic E-state index is 11.0. The maximum absolute atomic E-state index is 11.0. The van der Waals surface area contributed by atoms with Gasteiger partial charge in [-0.15, -0.1) is 0 Å². The summed E-state index contributed by atoms with van der Waals surface area (Å²) in [6.07, 6.45) is 3.70. The first-order valence-electron chi connectivity index (χ1n) is 4.74. The first-order valence-corrected chi connectivity index (χ1v) is 5.18. The average Bonchev–Trinajstić information content (AvgIpc) is 2.50. The summed E-state index contributed by atoms with van der Waals surface area (Å²) in [5, 5.41) is 0. The Morgan fingerprint density at radius 3 is 2.94 bits per heavy atom. The van der Waals surface area contributed by atoms with Gasteiger partial charge in [-0.25, -0.2) is 0 Å². The zero-order valence-electron chi connectivity index (χ0n) is 8.44. The van der Waals surface area contributed by atoms with E-state index >= 15 is 0 Å². The second-order valence-corrected chi connectivity index (χ2v) is 3.64. The number of nitrogens with two attached hydrogens (primary N) is 1. The monoisotopic (exact) mass is 235 g/mol. The van der Waals surface area contributed by atoms with E-state index in [0.29, 0.717) is 12.2 Å². The van der Waals surface area contributed by atoms with Gasteiger partial charge < -0.3 is 10.5 Å². The molecule has 0 bridgehead atoms. The Hall–Kier alpha value is -1.74. The van der Waals surface area contributed by atoms with Crippen LogP contribution in [-0.2, 0) is 0 Å². The van der Waals surface area contributed by atoms with Gasteiger partial charge >= 0.3 is 0 Å². The predicted molar refractivity (Wildman–Crippen MR) is 63.4 cm³/mol. The van der Waals surface area contributed by atoms with Crippen molar-refractivity contribution in [2.45, 2.75) is 0 Å². The Kier molecular flexibility index (Phi) is 2.97. The summed E-state index contributed by atoms with van der Waals surface area (Å²) < 4.78 is 5.52. The normalized spacial score (nSPS) is 16.4. The van der Waals surface area contributed by atoms with Crippen LogP contribution >= 0.6 is 11.6 Å². The molecule has 0 saturated carbocycles. The van der Waals surface area contributed by atoms with Gasteiger partial charge in [0.1, 0.15) is 12.4 Å². The van der Waals surface area contributed by atoms with Crippen molar-refractivity contribution in [2.24, 2.45) is 5.73 Å². The molecule has 1 aliphatic rings. The van der Waals surface area contributed by atoms with Crippen LogP contribution in [0.4, 0.5) is 0 Å². The molecule has 0 fully saturated rings. The minimum Gasteiger partial charge on any atom is -0.488 e. The molecule has 1 amide bonds. The molecular weight excluding hydrogens is 226 g/mol. The molecule has 3 nitrogen and oxygen atoms in total. The van der Waals surface area contributed by atoms with Crippen molar-refractivity contribution in [2.75, 3.05) is 6.61 Å². The smallest absolute Gasteiger partial charge is 0.248 e. The molecule has 2 N–H and O–H groups in total. The third-order valence-electron chi connectivity index (χ3n) is 2.31. The highest BCUT2D eigenvalue weighted by atomic mass is 35.5. The van der Waals surface area contributed by atoms with Gasteiger partial charge in [-0.2, -0.15) is 0 Å². The third-order valence-corrected chi connectivity index (χ3v) is 2.59. The molecule has 0 aromatic heterocycles. The van der Waals surface area contributed by atoms with Crippen LogP contribution in [-0.4, -0.2) is 12.5 Å². The molecule has 1 aromatic rings. The number of benzene rings is 1. The van der Waals surface area contributed by atoms with E-state index in [0.717, 1.165) is 16.9 Å². The van der Waals surface area contributed by atoms with E-state index in [1.54, 1.807) is 18.2 Å². The van der Waals surface area contributed by atoms with Crippen molar-refractivity contribution < 1.29 is 9.53 Å². The van der Waals surface area contributed by atoms with Crippen molar-refractivity contribution in [3.63, 3.8) is 0 Å². The summed E-state index contributed by atoms with van der Waals surface area (Å²) in [7, 11) is 0. The van der Waals surface area contributed by atoms with E-state index < -0.39 is 5.91 Å². The van der Waals surface area contributed by atoms with E-state index in [2.05, 4.69) is 0 Å². The van der Waals surface area contributed by atoms with Gasteiger partial charge in [0, 0.05) is 22.2 Å². The highest BCUT2D eigenvalue weighted by Crippen LogP contribution is 2.25. The largest absolute Gasteiger partial charge is 0.488 e. The van der Waals surface area contributed by atoms with E-state index in [1.807, 2.05) is 12.2 Å². The molecule has 0 unspecified atom stereocenters. The number of hydrogen-bond donors (Lipinski definition) is 1. The minimum absolute atomic E-state index is 0.420. The number of ether oxygens (including phenoxy) is 1. The summed E-state index contributed by atoms with van der Waals surface area (Å²) in [5.74, 6) is 0.267. The first kappa shape index (κ1) is 10.8. The van der Waals surface area contributed by atoms with E-state index in [-0.39, 0.29) is 0 Å². The molecule has 0 atom stereocenters.